The van der Waals surface area contributed by atoms with Gasteiger partial charge in [-0.25, -0.2) is 13.8 Å². The van der Waals surface area contributed by atoms with Gasteiger partial charge in [0.25, 0.3) is 21.8 Å². The first kappa shape index (κ1) is 29.2. The van der Waals surface area contributed by atoms with E-state index >= 15 is 0 Å². The van der Waals surface area contributed by atoms with Crippen LogP contribution in [-0.4, -0.2) is 32.5 Å². The molecule has 41 heavy (non-hydrogen) atoms. The molecule has 2 N–H and O–H groups in total. The van der Waals surface area contributed by atoms with E-state index in [-0.39, 0.29) is 10.8 Å². The van der Waals surface area contributed by atoms with E-state index in [1.54, 1.807) is 80.6 Å². The molecule has 0 unspecified atom stereocenters. The molecule has 0 atom stereocenters. The van der Waals surface area contributed by atoms with Gasteiger partial charge < -0.3 is 5.32 Å². The molecular formula is C32H32N4O4S. The number of aryl methyl sites for hydroxylation is 3. The second-order valence-electron chi connectivity index (χ2n) is 9.75. The van der Waals surface area contributed by atoms with Gasteiger partial charge in [-0.2, -0.15) is 5.10 Å². The van der Waals surface area contributed by atoms with Crippen molar-refractivity contribution in [1.29, 1.82) is 0 Å². The van der Waals surface area contributed by atoms with Gasteiger partial charge in [0.05, 0.1) is 16.3 Å². The van der Waals surface area contributed by atoms with Crippen molar-refractivity contribution in [2.45, 2.75) is 32.6 Å². The monoisotopic (exact) mass is 568 g/mol. The molecule has 0 fully saturated rings. The van der Waals surface area contributed by atoms with Crippen LogP contribution in [0, 0.1) is 20.8 Å². The van der Waals surface area contributed by atoms with Gasteiger partial charge in [-0.1, -0.05) is 60.2 Å². The molecule has 0 aliphatic rings. The average Bonchev–Trinajstić information content (AvgIpc) is 2.96. The Labute approximate surface area is 240 Å². The summed E-state index contributed by atoms with van der Waals surface area (Å²) in [7, 11) is -4.05. The van der Waals surface area contributed by atoms with Crippen molar-refractivity contribution in [3.63, 3.8) is 0 Å². The lowest BCUT2D eigenvalue weighted by atomic mass is 10.1. The number of amides is 2. The van der Waals surface area contributed by atoms with Gasteiger partial charge in [-0.3, -0.25) is 13.9 Å². The van der Waals surface area contributed by atoms with Crippen LogP contribution >= 0.6 is 0 Å². The lowest BCUT2D eigenvalue weighted by molar-refractivity contribution is -0.119. The molecule has 0 spiro atoms. The number of nitrogens with one attached hydrogen (secondary N) is 2. The van der Waals surface area contributed by atoms with Crippen molar-refractivity contribution in [3.8, 4) is 0 Å². The molecule has 0 saturated carbocycles. The Morgan fingerprint density at radius 2 is 1.44 bits per heavy atom. The molecule has 0 aromatic heterocycles. The summed E-state index contributed by atoms with van der Waals surface area (Å²) in [5, 5.41) is 7.06. The molecule has 0 aliphatic carbocycles. The summed E-state index contributed by atoms with van der Waals surface area (Å²) in [6.07, 6.45) is 0. The topological polar surface area (TPSA) is 108 Å². The third-order valence-corrected chi connectivity index (χ3v) is 8.23. The second-order valence-corrected chi connectivity index (χ2v) is 11.6. The van der Waals surface area contributed by atoms with E-state index in [9.17, 15) is 18.0 Å². The number of anilines is 2. The first-order valence-corrected chi connectivity index (χ1v) is 14.5. The Bertz CT molecular complexity index is 1700. The van der Waals surface area contributed by atoms with Crippen LogP contribution in [0.3, 0.4) is 0 Å². The number of carbonyl (C=O) groups is 2. The highest BCUT2D eigenvalue weighted by Gasteiger charge is 2.28. The summed E-state index contributed by atoms with van der Waals surface area (Å²) in [6.45, 7) is 6.79. The second kappa shape index (κ2) is 12.6. The minimum absolute atomic E-state index is 0.0888. The van der Waals surface area contributed by atoms with Crippen molar-refractivity contribution in [3.05, 3.63) is 125 Å². The Morgan fingerprint density at radius 3 is 2.15 bits per heavy atom. The van der Waals surface area contributed by atoms with Crippen LogP contribution in [0.15, 0.2) is 107 Å². The number of hydrogen-bond acceptors (Lipinski definition) is 5. The molecule has 0 radical (unpaired) electrons. The summed E-state index contributed by atoms with van der Waals surface area (Å²) in [4.78, 5) is 25.7. The van der Waals surface area contributed by atoms with Crippen molar-refractivity contribution < 1.29 is 18.0 Å². The van der Waals surface area contributed by atoms with Crippen LogP contribution < -0.4 is 15.0 Å². The maximum atomic E-state index is 13.7. The third-order valence-electron chi connectivity index (χ3n) is 6.45. The van der Waals surface area contributed by atoms with E-state index in [2.05, 4.69) is 15.8 Å². The fourth-order valence-electron chi connectivity index (χ4n) is 4.12. The fourth-order valence-corrected chi connectivity index (χ4v) is 5.59. The van der Waals surface area contributed by atoms with Gasteiger partial charge in [0, 0.05) is 11.3 Å². The molecule has 9 heteroatoms. The van der Waals surface area contributed by atoms with Gasteiger partial charge in [0.1, 0.15) is 6.54 Å². The number of sulfonamides is 1. The van der Waals surface area contributed by atoms with Crippen LogP contribution in [0.1, 0.15) is 39.5 Å². The van der Waals surface area contributed by atoms with Gasteiger partial charge in [0.2, 0.25) is 0 Å². The predicted molar refractivity (Wildman–Crippen MR) is 163 cm³/mol. The van der Waals surface area contributed by atoms with E-state index in [0.29, 0.717) is 33.8 Å². The van der Waals surface area contributed by atoms with E-state index in [1.165, 1.54) is 12.1 Å². The quantitative estimate of drug-likeness (QED) is 0.202. The van der Waals surface area contributed by atoms with Crippen LogP contribution in [0.4, 0.5) is 11.4 Å². The lowest BCUT2D eigenvalue weighted by Crippen LogP contribution is -2.40. The lowest BCUT2D eigenvalue weighted by Gasteiger charge is -2.25. The van der Waals surface area contributed by atoms with Crippen LogP contribution in [0.25, 0.3) is 0 Å². The number of benzene rings is 4. The van der Waals surface area contributed by atoms with Crippen LogP contribution in [-0.2, 0) is 14.8 Å². The molecule has 0 aliphatic heterocycles. The maximum Gasteiger partial charge on any atom is 0.264 e. The standard InChI is InChI=1S/C32H32N4O4S/c1-22-14-17-29(18-15-22)41(39,40)36(30-19-23(2)13-16-24(30)3)21-31(37)35-34-25(4)27-11-8-12-28(20-27)33-32(38)26-9-6-5-7-10-26/h5-20H,21H2,1-4H3,(H,33,38)(H,35,37)/b34-25-. The Morgan fingerprint density at radius 1 is 0.780 bits per heavy atom. The normalized spacial score (nSPS) is 11.6. The van der Waals surface area contributed by atoms with Crippen LogP contribution in [0.5, 0.6) is 0 Å². The molecule has 2 amide bonds. The third kappa shape index (κ3) is 7.26. The van der Waals surface area contributed by atoms with E-state index in [4.69, 9.17) is 0 Å². The van der Waals surface area contributed by atoms with E-state index < -0.39 is 22.5 Å². The highest BCUT2D eigenvalue weighted by molar-refractivity contribution is 7.92. The van der Waals surface area contributed by atoms with E-state index in [0.717, 1.165) is 15.4 Å². The zero-order valence-electron chi connectivity index (χ0n) is 23.4. The number of hydrazone groups is 1. The SMILES string of the molecule is C/C(=N/NC(=O)CN(c1cc(C)ccc1C)S(=O)(=O)c1ccc(C)cc1)c1cccc(NC(=O)c2ccccc2)c1. The zero-order valence-corrected chi connectivity index (χ0v) is 24.2. The van der Waals surface area contributed by atoms with Crippen molar-refractivity contribution in [2.24, 2.45) is 5.10 Å². The van der Waals surface area contributed by atoms with Crippen molar-refractivity contribution >= 4 is 38.9 Å². The minimum Gasteiger partial charge on any atom is -0.322 e. The molecule has 4 aromatic carbocycles. The predicted octanol–water partition coefficient (Wildman–Crippen LogP) is 5.60. The molecule has 8 nitrogen and oxygen atoms in total. The smallest absolute Gasteiger partial charge is 0.264 e. The summed E-state index contributed by atoms with van der Waals surface area (Å²) >= 11 is 0. The summed E-state index contributed by atoms with van der Waals surface area (Å²) in [5.74, 6) is -0.846. The number of hydrogen-bond donors (Lipinski definition) is 2. The minimum atomic E-state index is -4.05. The number of rotatable bonds is 9. The number of nitrogens with zero attached hydrogens (tertiary/aromatic N) is 2. The molecule has 210 valence electrons. The van der Waals surface area contributed by atoms with Crippen molar-refractivity contribution in [2.75, 3.05) is 16.2 Å². The summed E-state index contributed by atoms with van der Waals surface area (Å²) in [6, 6.07) is 27.9. The Balaban J connectivity index is 1.54. The molecular weight excluding hydrogens is 536 g/mol. The van der Waals surface area contributed by atoms with E-state index in [1.807, 2.05) is 32.0 Å². The van der Waals surface area contributed by atoms with Gasteiger partial charge in [0.15, 0.2) is 0 Å². The highest BCUT2D eigenvalue weighted by atomic mass is 32.2. The Hall–Kier alpha value is -4.76. The zero-order chi connectivity index (χ0) is 29.6. The maximum absolute atomic E-state index is 13.7. The van der Waals surface area contributed by atoms with Gasteiger partial charge >= 0.3 is 0 Å². The first-order valence-electron chi connectivity index (χ1n) is 13.0. The largest absolute Gasteiger partial charge is 0.322 e. The summed E-state index contributed by atoms with van der Waals surface area (Å²) < 4.78 is 28.5. The first-order chi connectivity index (χ1) is 19.5. The fraction of sp³-hybridized carbons (Fsp3) is 0.156. The Kier molecular flexibility index (Phi) is 8.99. The van der Waals surface area contributed by atoms with Crippen molar-refractivity contribution in [1.82, 2.24) is 5.43 Å². The summed E-state index contributed by atoms with van der Waals surface area (Å²) in [5.41, 5.74) is 7.67. The average molecular weight is 569 g/mol. The molecule has 0 heterocycles. The molecule has 0 bridgehead atoms. The molecule has 4 rings (SSSR count). The molecule has 4 aromatic rings. The van der Waals surface area contributed by atoms with Gasteiger partial charge in [-0.15, -0.1) is 0 Å². The highest BCUT2D eigenvalue weighted by Crippen LogP contribution is 2.28. The molecule has 0 saturated heterocycles. The van der Waals surface area contributed by atoms with Gasteiger partial charge in [-0.05, 0) is 86.8 Å². The van der Waals surface area contributed by atoms with Crippen LogP contribution in [0.2, 0.25) is 0 Å². The number of carbonyl (C=O) groups excluding carboxylic acids is 2.